The van der Waals surface area contributed by atoms with Gasteiger partial charge in [0.2, 0.25) is 6.79 Å². The predicted molar refractivity (Wildman–Crippen MR) is 76.5 cm³/mol. The second-order valence-corrected chi connectivity index (χ2v) is 5.73. The van der Waals surface area contributed by atoms with E-state index < -0.39 is 0 Å². The highest BCUT2D eigenvalue weighted by Gasteiger charge is 2.18. The number of ether oxygens (including phenoxy) is 2. The summed E-state index contributed by atoms with van der Waals surface area (Å²) >= 11 is 7.80. The van der Waals surface area contributed by atoms with Gasteiger partial charge in [-0.1, -0.05) is 11.6 Å². The predicted octanol–water partition coefficient (Wildman–Crippen LogP) is 3.44. The average molecular weight is 306 g/mol. The molecular formula is C13H8ClN3O2S. The minimum atomic E-state index is 0.217. The van der Waals surface area contributed by atoms with Gasteiger partial charge in [-0.25, -0.2) is 15.0 Å². The van der Waals surface area contributed by atoms with Crippen LogP contribution in [0, 0.1) is 6.92 Å². The molecule has 3 aromatic rings. The number of benzene rings is 1. The number of thiazole rings is 1. The van der Waals surface area contributed by atoms with Gasteiger partial charge in [0.25, 0.3) is 0 Å². The highest BCUT2D eigenvalue weighted by Crippen LogP contribution is 2.37. The normalized spacial score (nSPS) is 13.1. The Labute approximate surface area is 123 Å². The Balaban J connectivity index is 1.95. The lowest BCUT2D eigenvalue weighted by Crippen LogP contribution is -1.92. The van der Waals surface area contributed by atoms with Crippen LogP contribution in [-0.2, 0) is 0 Å². The van der Waals surface area contributed by atoms with Crippen LogP contribution in [0.25, 0.3) is 22.4 Å². The summed E-state index contributed by atoms with van der Waals surface area (Å²) in [7, 11) is 0. The van der Waals surface area contributed by atoms with E-state index in [1.54, 1.807) is 17.4 Å². The van der Waals surface area contributed by atoms with Gasteiger partial charge in [-0.05, 0) is 13.0 Å². The first-order chi connectivity index (χ1) is 9.70. The molecule has 4 rings (SSSR count). The molecule has 0 saturated heterocycles. The lowest BCUT2D eigenvalue weighted by molar-refractivity contribution is 0.174. The summed E-state index contributed by atoms with van der Waals surface area (Å²) < 4.78 is 10.7. The molecule has 0 N–H and O–H groups in total. The van der Waals surface area contributed by atoms with Gasteiger partial charge in [-0.3, -0.25) is 0 Å². The highest BCUT2D eigenvalue weighted by atomic mass is 35.5. The van der Waals surface area contributed by atoms with Crippen LogP contribution in [0.1, 0.15) is 5.01 Å². The number of nitrogens with zero attached hydrogens (tertiary/aromatic N) is 3. The van der Waals surface area contributed by atoms with Crippen molar-refractivity contribution in [2.45, 2.75) is 6.92 Å². The number of halogens is 1. The fraction of sp³-hybridized carbons (Fsp3) is 0.154. The van der Waals surface area contributed by atoms with E-state index in [1.165, 1.54) is 0 Å². The maximum absolute atomic E-state index is 6.25. The zero-order valence-electron chi connectivity index (χ0n) is 10.4. The van der Waals surface area contributed by atoms with Crippen molar-refractivity contribution < 1.29 is 9.47 Å². The molecule has 0 spiro atoms. The van der Waals surface area contributed by atoms with Crippen LogP contribution in [0.2, 0.25) is 5.15 Å². The summed E-state index contributed by atoms with van der Waals surface area (Å²) in [6, 6.07) is 3.62. The van der Waals surface area contributed by atoms with Crippen molar-refractivity contribution in [3.05, 3.63) is 27.7 Å². The van der Waals surface area contributed by atoms with Gasteiger partial charge in [0.05, 0.1) is 10.5 Å². The molecule has 100 valence electrons. The molecule has 20 heavy (non-hydrogen) atoms. The molecule has 0 aliphatic carbocycles. The first-order valence-electron chi connectivity index (χ1n) is 5.90. The Bertz CT molecular complexity index is 834. The minimum Gasteiger partial charge on any atom is -0.454 e. The fourth-order valence-electron chi connectivity index (χ4n) is 2.06. The molecule has 1 aromatic carbocycles. The average Bonchev–Trinajstić information content (AvgIpc) is 3.04. The lowest BCUT2D eigenvalue weighted by Gasteiger charge is -2.04. The highest BCUT2D eigenvalue weighted by molar-refractivity contribution is 7.09. The Hall–Kier alpha value is -1.92. The van der Waals surface area contributed by atoms with Crippen molar-refractivity contribution in [1.82, 2.24) is 15.0 Å². The Morgan fingerprint density at radius 1 is 1.15 bits per heavy atom. The summed E-state index contributed by atoms with van der Waals surface area (Å²) in [5.74, 6) is 1.86. The summed E-state index contributed by atoms with van der Waals surface area (Å²) in [5, 5.41) is 4.01. The van der Waals surface area contributed by atoms with E-state index in [0.29, 0.717) is 22.5 Å². The van der Waals surface area contributed by atoms with E-state index in [2.05, 4.69) is 15.0 Å². The number of aromatic nitrogens is 3. The Morgan fingerprint density at radius 2 is 1.95 bits per heavy atom. The van der Waals surface area contributed by atoms with Crippen molar-refractivity contribution in [2.24, 2.45) is 0 Å². The monoisotopic (exact) mass is 305 g/mol. The molecule has 0 fully saturated rings. The molecule has 1 aliphatic rings. The largest absolute Gasteiger partial charge is 0.454 e. The van der Waals surface area contributed by atoms with E-state index in [0.717, 1.165) is 21.6 Å². The third kappa shape index (κ3) is 1.80. The molecule has 0 bridgehead atoms. The quantitative estimate of drug-likeness (QED) is 0.645. The van der Waals surface area contributed by atoms with Gasteiger partial charge in [0.15, 0.2) is 17.3 Å². The van der Waals surface area contributed by atoms with Crippen LogP contribution in [-0.4, -0.2) is 21.7 Å². The van der Waals surface area contributed by atoms with E-state index >= 15 is 0 Å². The Kier molecular flexibility index (Phi) is 2.55. The maximum atomic E-state index is 6.25. The molecule has 0 amide bonds. The zero-order chi connectivity index (χ0) is 13.7. The number of fused-ring (bicyclic) bond motifs is 2. The van der Waals surface area contributed by atoms with Crippen molar-refractivity contribution >= 4 is 33.8 Å². The number of rotatable bonds is 1. The molecule has 1 aliphatic heterocycles. The van der Waals surface area contributed by atoms with E-state index in [4.69, 9.17) is 21.1 Å². The van der Waals surface area contributed by atoms with Crippen LogP contribution in [0.5, 0.6) is 11.5 Å². The molecule has 7 heteroatoms. The number of aryl methyl sites for hydroxylation is 1. The van der Waals surface area contributed by atoms with Gasteiger partial charge in [0.1, 0.15) is 10.8 Å². The third-order valence-electron chi connectivity index (χ3n) is 2.99. The lowest BCUT2D eigenvalue weighted by atomic mass is 10.2. The van der Waals surface area contributed by atoms with Gasteiger partial charge in [-0.15, -0.1) is 11.3 Å². The standard InChI is InChI=1S/C13H8ClN3O2S/c1-6-15-9(4-20-6)13-16-8-3-11-10(18-5-19-11)2-7(8)12(14)17-13/h2-4H,5H2,1H3. The first kappa shape index (κ1) is 11.9. The van der Waals surface area contributed by atoms with Gasteiger partial charge in [0, 0.05) is 16.8 Å². The summed E-state index contributed by atoms with van der Waals surface area (Å²) in [6.45, 7) is 2.16. The van der Waals surface area contributed by atoms with Gasteiger partial charge < -0.3 is 9.47 Å². The molecular weight excluding hydrogens is 298 g/mol. The number of hydrogen-bond donors (Lipinski definition) is 0. The second-order valence-electron chi connectivity index (χ2n) is 4.31. The van der Waals surface area contributed by atoms with Crippen LogP contribution in [0.15, 0.2) is 17.5 Å². The maximum Gasteiger partial charge on any atom is 0.231 e. The van der Waals surface area contributed by atoms with E-state index in [9.17, 15) is 0 Å². The summed E-state index contributed by atoms with van der Waals surface area (Å²) in [4.78, 5) is 13.2. The van der Waals surface area contributed by atoms with E-state index in [-0.39, 0.29) is 6.79 Å². The molecule has 0 saturated carbocycles. The second kappa shape index (κ2) is 4.29. The van der Waals surface area contributed by atoms with Crippen molar-refractivity contribution in [2.75, 3.05) is 6.79 Å². The van der Waals surface area contributed by atoms with Crippen molar-refractivity contribution in [1.29, 1.82) is 0 Å². The third-order valence-corrected chi connectivity index (χ3v) is 4.05. The molecule has 0 atom stereocenters. The summed E-state index contributed by atoms with van der Waals surface area (Å²) in [5.41, 5.74) is 1.45. The summed E-state index contributed by atoms with van der Waals surface area (Å²) in [6.07, 6.45) is 0. The van der Waals surface area contributed by atoms with Crippen LogP contribution >= 0.6 is 22.9 Å². The fourth-order valence-corrected chi connectivity index (χ4v) is 2.88. The topological polar surface area (TPSA) is 57.1 Å². The van der Waals surface area contributed by atoms with Gasteiger partial charge in [-0.2, -0.15) is 0 Å². The molecule has 0 unspecified atom stereocenters. The van der Waals surface area contributed by atoms with E-state index in [1.807, 2.05) is 18.4 Å². The minimum absolute atomic E-state index is 0.217. The number of hydrogen-bond acceptors (Lipinski definition) is 6. The SMILES string of the molecule is Cc1nc(-c2nc(Cl)c3cc4c(cc3n2)OCO4)cs1. The van der Waals surface area contributed by atoms with Gasteiger partial charge >= 0.3 is 0 Å². The smallest absolute Gasteiger partial charge is 0.231 e. The zero-order valence-corrected chi connectivity index (χ0v) is 12.0. The van der Waals surface area contributed by atoms with Crippen molar-refractivity contribution in [3.8, 4) is 23.0 Å². The van der Waals surface area contributed by atoms with Crippen LogP contribution in [0.4, 0.5) is 0 Å². The van der Waals surface area contributed by atoms with Crippen LogP contribution < -0.4 is 9.47 Å². The molecule has 3 heterocycles. The molecule has 0 radical (unpaired) electrons. The molecule has 5 nitrogen and oxygen atoms in total. The Morgan fingerprint density at radius 3 is 2.70 bits per heavy atom. The first-order valence-corrected chi connectivity index (χ1v) is 7.16. The molecule has 2 aromatic heterocycles. The van der Waals surface area contributed by atoms with Crippen LogP contribution in [0.3, 0.4) is 0 Å². The van der Waals surface area contributed by atoms with Crippen molar-refractivity contribution in [3.63, 3.8) is 0 Å².